The first-order chi connectivity index (χ1) is 23.1. The number of fused-ring (bicyclic) bond motifs is 2. The third kappa shape index (κ3) is 6.36. The Morgan fingerprint density at radius 3 is 2.52 bits per heavy atom. The van der Waals surface area contributed by atoms with E-state index in [1.54, 1.807) is 18.2 Å². The zero-order valence-corrected chi connectivity index (χ0v) is 25.9. The van der Waals surface area contributed by atoms with Crippen molar-refractivity contribution in [3.63, 3.8) is 0 Å². The molecule has 1 amide bonds. The van der Waals surface area contributed by atoms with Gasteiger partial charge in [-0.05, 0) is 41.5 Å². The summed E-state index contributed by atoms with van der Waals surface area (Å²) in [6, 6.07) is 16.6. The smallest absolute Gasteiger partial charge is 0.228 e. The van der Waals surface area contributed by atoms with Crippen LogP contribution in [0.3, 0.4) is 0 Å². The number of benzene rings is 2. The Labute approximate surface area is 271 Å². The van der Waals surface area contributed by atoms with Crippen molar-refractivity contribution in [1.82, 2.24) is 39.8 Å². The van der Waals surface area contributed by atoms with Crippen LogP contribution in [0.4, 0.5) is 14.5 Å². The van der Waals surface area contributed by atoms with Gasteiger partial charge >= 0.3 is 0 Å². The Bertz CT molecular complexity index is 2450. The normalized spacial score (nSPS) is 11.7. The summed E-state index contributed by atoms with van der Waals surface area (Å²) in [6.07, 6.45) is 7.06. The van der Waals surface area contributed by atoms with E-state index in [0.29, 0.717) is 44.6 Å². The molecule has 240 valence electrons. The summed E-state index contributed by atoms with van der Waals surface area (Å²) in [4.78, 5) is 33.3. The van der Waals surface area contributed by atoms with Gasteiger partial charge in [0.15, 0.2) is 11.6 Å². The molecule has 0 aliphatic rings. The van der Waals surface area contributed by atoms with E-state index in [1.165, 1.54) is 36.9 Å². The van der Waals surface area contributed by atoms with Crippen LogP contribution in [0.15, 0.2) is 85.5 Å². The molecular formula is C33H25F2N9O3S. The number of hydrogen-bond acceptors (Lipinski definition) is 8. The highest BCUT2D eigenvalue weighted by atomic mass is 32.2. The van der Waals surface area contributed by atoms with Gasteiger partial charge in [-0.3, -0.25) is 24.8 Å². The lowest BCUT2D eigenvalue weighted by Gasteiger charge is -2.08. The van der Waals surface area contributed by atoms with Crippen molar-refractivity contribution < 1.29 is 22.0 Å². The van der Waals surface area contributed by atoms with Crippen LogP contribution in [-0.2, 0) is 27.8 Å². The van der Waals surface area contributed by atoms with E-state index in [4.69, 9.17) is 0 Å². The minimum absolute atomic E-state index is 0.00901. The first-order valence-corrected chi connectivity index (χ1v) is 16.4. The topological polar surface area (TPSA) is 171 Å². The molecule has 0 aliphatic carbocycles. The van der Waals surface area contributed by atoms with Crippen LogP contribution < -0.4 is 10.0 Å². The van der Waals surface area contributed by atoms with Gasteiger partial charge in [-0.15, -0.1) is 0 Å². The van der Waals surface area contributed by atoms with Crippen LogP contribution in [0.2, 0.25) is 0 Å². The molecule has 0 bridgehead atoms. The number of sulfonamides is 1. The van der Waals surface area contributed by atoms with Gasteiger partial charge in [0.1, 0.15) is 22.7 Å². The van der Waals surface area contributed by atoms with E-state index < -0.39 is 21.7 Å². The molecule has 5 heterocycles. The molecule has 0 saturated carbocycles. The summed E-state index contributed by atoms with van der Waals surface area (Å²) in [5, 5.41) is 10.0. The molecule has 4 N–H and O–H groups in total. The molecule has 0 saturated heterocycles. The van der Waals surface area contributed by atoms with Crippen molar-refractivity contribution in [2.75, 3.05) is 11.6 Å². The first kappa shape index (κ1) is 30.7. The third-order valence-corrected chi connectivity index (χ3v) is 8.11. The number of halogens is 2. The number of anilines is 1. The van der Waals surface area contributed by atoms with E-state index in [-0.39, 0.29) is 41.5 Å². The predicted octanol–water partition coefficient (Wildman–Crippen LogP) is 5.13. The van der Waals surface area contributed by atoms with Gasteiger partial charge in [0.05, 0.1) is 52.9 Å². The van der Waals surface area contributed by atoms with E-state index in [2.05, 4.69) is 45.2 Å². The highest BCUT2D eigenvalue weighted by molar-refractivity contribution is 7.88. The average molecular weight is 666 g/mol. The first-order valence-electron chi connectivity index (χ1n) is 14.5. The molecule has 12 nitrogen and oxygen atoms in total. The van der Waals surface area contributed by atoms with E-state index >= 15 is 4.39 Å². The molecule has 5 aromatic heterocycles. The summed E-state index contributed by atoms with van der Waals surface area (Å²) in [5.74, 6) is -1.29. The maximum Gasteiger partial charge on any atom is 0.228 e. The molecule has 7 rings (SSSR count). The van der Waals surface area contributed by atoms with E-state index in [0.717, 1.165) is 11.8 Å². The quantitative estimate of drug-likeness (QED) is 0.164. The van der Waals surface area contributed by atoms with Crippen LogP contribution in [0, 0.1) is 11.6 Å². The number of aromatic amines is 2. The van der Waals surface area contributed by atoms with Crippen molar-refractivity contribution in [3.8, 4) is 34.0 Å². The lowest BCUT2D eigenvalue weighted by Crippen LogP contribution is -2.21. The Kier molecular flexibility index (Phi) is 7.90. The molecule has 2 aromatic carbocycles. The van der Waals surface area contributed by atoms with Crippen LogP contribution >= 0.6 is 0 Å². The van der Waals surface area contributed by atoms with Gasteiger partial charge in [-0.2, -0.15) is 5.10 Å². The monoisotopic (exact) mass is 665 g/mol. The standard InChI is InChI=1S/C33H25F2N9O3S/c1-48(46,47)39-14-19-9-20(12-22(34)10-19)30-31-24(7-8-37-30)41-33(42-31)32-27-25(43-44-32)17-38-29(28(27)35)21-13-23(16-36-15-21)40-26(45)11-18-5-3-2-4-6-18/h2-10,12-13,15-17,39H,11,14H2,1H3,(H,40,45)(H,41,42)(H,43,44). The SMILES string of the molecule is CS(=O)(=O)NCc1cc(F)cc(-c2nccc3[nH]c(-c4n[nH]c5cnc(-c6cncc(NC(=O)Cc7ccccc7)c6)c(F)c45)nc23)c1. The van der Waals surface area contributed by atoms with Crippen molar-refractivity contribution in [3.05, 3.63) is 108 Å². The molecular weight excluding hydrogens is 640 g/mol. The fraction of sp³-hybridized carbons (Fsp3) is 0.0909. The maximum atomic E-state index is 16.3. The fourth-order valence-electron chi connectivity index (χ4n) is 5.33. The largest absolute Gasteiger partial charge is 0.336 e. The minimum Gasteiger partial charge on any atom is -0.336 e. The molecule has 7 aromatic rings. The second-order valence-corrected chi connectivity index (χ2v) is 12.9. The number of amides is 1. The number of nitrogens with zero attached hydrogens (tertiary/aromatic N) is 5. The molecule has 0 spiro atoms. The number of H-pyrrole nitrogens is 2. The van der Waals surface area contributed by atoms with Crippen molar-refractivity contribution in [1.29, 1.82) is 0 Å². The summed E-state index contributed by atoms with van der Waals surface area (Å²) in [6.45, 7) is -0.112. The molecule has 48 heavy (non-hydrogen) atoms. The Morgan fingerprint density at radius 2 is 1.71 bits per heavy atom. The molecule has 0 atom stereocenters. The van der Waals surface area contributed by atoms with E-state index in [9.17, 15) is 17.6 Å². The third-order valence-electron chi connectivity index (χ3n) is 7.44. The van der Waals surface area contributed by atoms with Crippen LogP contribution in [0.25, 0.3) is 56.0 Å². The zero-order chi connectivity index (χ0) is 33.4. The van der Waals surface area contributed by atoms with Gasteiger partial charge in [0.25, 0.3) is 0 Å². The molecule has 0 fully saturated rings. The van der Waals surface area contributed by atoms with Gasteiger partial charge < -0.3 is 10.3 Å². The number of hydrogen-bond donors (Lipinski definition) is 4. The van der Waals surface area contributed by atoms with Gasteiger partial charge in [-0.25, -0.2) is 26.9 Å². The zero-order valence-electron chi connectivity index (χ0n) is 25.1. The second-order valence-electron chi connectivity index (χ2n) is 11.0. The van der Waals surface area contributed by atoms with Crippen molar-refractivity contribution in [2.45, 2.75) is 13.0 Å². The predicted molar refractivity (Wildman–Crippen MR) is 176 cm³/mol. The number of rotatable bonds is 9. The second kappa shape index (κ2) is 12.4. The van der Waals surface area contributed by atoms with E-state index in [1.807, 2.05) is 30.3 Å². The average Bonchev–Trinajstić information content (AvgIpc) is 3.69. The van der Waals surface area contributed by atoms with Gasteiger partial charge in [0, 0.05) is 30.1 Å². The lowest BCUT2D eigenvalue weighted by atomic mass is 10.1. The van der Waals surface area contributed by atoms with Crippen molar-refractivity contribution >= 4 is 43.6 Å². The molecule has 0 aliphatic heterocycles. The van der Waals surface area contributed by atoms with Crippen LogP contribution in [0.5, 0.6) is 0 Å². The fourth-order valence-corrected chi connectivity index (χ4v) is 5.76. The lowest BCUT2D eigenvalue weighted by molar-refractivity contribution is -0.115. The number of nitrogens with one attached hydrogen (secondary N) is 4. The molecule has 0 unspecified atom stereocenters. The number of carbonyl (C=O) groups excluding carboxylic acids is 1. The summed E-state index contributed by atoms with van der Waals surface area (Å²) < 4.78 is 56.4. The number of pyridine rings is 3. The summed E-state index contributed by atoms with van der Waals surface area (Å²) >= 11 is 0. The number of aromatic nitrogens is 7. The molecule has 15 heteroatoms. The summed E-state index contributed by atoms with van der Waals surface area (Å²) in [5.41, 5.74) is 4.04. The number of carbonyl (C=O) groups is 1. The molecule has 0 radical (unpaired) electrons. The Balaban J connectivity index is 1.22. The van der Waals surface area contributed by atoms with Gasteiger partial charge in [-0.1, -0.05) is 30.3 Å². The Hall–Kier alpha value is -5.93. The van der Waals surface area contributed by atoms with Crippen LogP contribution in [-0.4, -0.2) is 55.7 Å². The maximum absolute atomic E-state index is 16.3. The van der Waals surface area contributed by atoms with Crippen molar-refractivity contribution in [2.24, 2.45) is 0 Å². The van der Waals surface area contributed by atoms with Crippen LogP contribution in [0.1, 0.15) is 11.1 Å². The van der Waals surface area contributed by atoms with Gasteiger partial charge in [0.2, 0.25) is 15.9 Å². The minimum atomic E-state index is -3.50. The summed E-state index contributed by atoms with van der Waals surface area (Å²) in [7, 11) is -3.50. The highest BCUT2D eigenvalue weighted by Crippen LogP contribution is 2.34. The Morgan fingerprint density at radius 1 is 0.875 bits per heavy atom. The highest BCUT2D eigenvalue weighted by Gasteiger charge is 2.22. The number of imidazole rings is 1.